The largest absolute Gasteiger partial charge is 0.385 e. The Bertz CT molecular complexity index is 923. The molecule has 8 heteroatoms. The third-order valence-electron chi connectivity index (χ3n) is 5.42. The monoisotopic (exact) mass is 437 g/mol. The molecule has 29 heavy (non-hydrogen) atoms. The summed E-state index contributed by atoms with van der Waals surface area (Å²) in [6, 6.07) is 5.59. The van der Waals surface area contributed by atoms with Gasteiger partial charge >= 0.3 is 0 Å². The maximum Gasteiger partial charge on any atom is 0.262 e. The number of fused-ring (bicyclic) bond motifs is 1. The van der Waals surface area contributed by atoms with Gasteiger partial charge in [0.2, 0.25) is 5.91 Å². The van der Waals surface area contributed by atoms with Gasteiger partial charge in [0.1, 0.15) is 0 Å². The minimum Gasteiger partial charge on any atom is -0.385 e. The summed E-state index contributed by atoms with van der Waals surface area (Å²) in [6.07, 6.45) is 3.93. The first kappa shape index (κ1) is 22.1. The lowest BCUT2D eigenvalue weighted by atomic mass is 9.98. The molecular weight excluding hydrogens is 410 g/mol. The summed E-state index contributed by atoms with van der Waals surface area (Å²) in [5, 5.41) is 1.61. The van der Waals surface area contributed by atoms with Crippen molar-refractivity contribution in [3.8, 4) is 0 Å². The van der Waals surface area contributed by atoms with Crippen molar-refractivity contribution < 1.29 is 9.53 Å². The zero-order valence-corrected chi connectivity index (χ0v) is 18.8. The van der Waals surface area contributed by atoms with E-state index in [0.717, 1.165) is 19.3 Å². The van der Waals surface area contributed by atoms with Crippen LogP contribution in [0.4, 0.5) is 0 Å². The van der Waals surface area contributed by atoms with Crippen LogP contribution in [0.2, 0.25) is 5.02 Å². The quantitative estimate of drug-likeness (QED) is 0.372. The summed E-state index contributed by atoms with van der Waals surface area (Å²) in [7, 11) is 1.64. The number of halogens is 1. The number of thioether (sulfide) groups is 1. The number of carbonyl (C=O) groups is 1. The van der Waals surface area contributed by atoms with Crippen LogP contribution in [0, 0.1) is 0 Å². The normalized spacial score (nSPS) is 19.7. The van der Waals surface area contributed by atoms with Gasteiger partial charge in [0.25, 0.3) is 5.56 Å². The third-order valence-corrected chi connectivity index (χ3v) is 6.62. The number of benzene rings is 1. The van der Waals surface area contributed by atoms with E-state index in [2.05, 4.69) is 18.8 Å². The van der Waals surface area contributed by atoms with Gasteiger partial charge in [-0.25, -0.2) is 4.98 Å². The average Bonchev–Trinajstić information content (AvgIpc) is 2.68. The van der Waals surface area contributed by atoms with E-state index in [0.29, 0.717) is 40.7 Å². The molecule has 0 bridgehead atoms. The molecule has 0 aliphatic carbocycles. The fourth-order valence-electron chi connectivity index (χ4n) is 3.96. The van der Waals surface area contributed by atoms with Crippen LogP contribution in [0.3, 0.4) is 0 Å². The number of likely N-dealkylation sites (tertiary alicyclic amines) is 1. The van der Waals surface area contributed by atoms with Gasteiger partial charge in [-0.05, 0) is 57.7 Å². The second-order valence-corrected chi connectivity index (χ2v) is 8.96. The van der Waals surface area contributed by atoms with Gasteiger partial charge < -0.3 is 9.64 Å². The molecule has 2 atom stereocenters. The molecule has 1 aliphatic rings. The molecule has 1 saturated heterocycles. The minimum atomic E-state index is -0.113. The predicted octanol–water partition coefficient (Wildman–Crippen LogP) is 3.97. The van der Waals surface area contributed by atoms with Gasteiger partial charge in [0, 0.05) is 37.4 Å². The number of carbonyl (C=O) groups excluding carboxylic acids is 1. The molecule has 0 radical (unpaired) electrons. The van der Waals surface area contributed by atoms with E-state index >= 15 is 0 Å². The smallest absolute Gasteiger partial charge is 0.262 e. The molecule has 1 aromatic carbocycles. The first-order chi connectivity index (χ1) is 13.9. The number of hydrogen-bond donors (Lipinski definition) is 0. The van der Waals surface area contributed by atoms with Crippen LogP contribution in [0.15, 0.2) is 28.2 Å². The van der Waals surface area contributed by atoms with Gasteiger partial charge in [0.15, 0.2) is 5.16 Å². The standard InChI is InChI=1S/C21H28ClN3O3S/c1-14-6-4-7-15(2)25(14)19(26)13-29-21-23-18-12-16(22)8-9-17(18)20(27)24(21)10-5-11-28-3/h8-9,12,14-15H,4-7,10-11,13H2,1-3H3. The van der Waals surface area contributed by atoms with Gasteiger partial charge in [0.05, 0.1) is 16.7 Å². The van der Waals surface area contributed by atoms with Crippen molar-refractivity contribution in [1.82, 2.24) is 14.5 Å². The third kappa shape index (κ3) is 5.13. The van der Waals surface area contributed by atoms with Crippen molar-refractivity contribution in [2.75, 3.05) is 19.5 Å². The summed E-state index contributed by atoms with van der Waals surface area (Å²) in [6.45, 7) is 5.26. The van der Waals surface area contributed by atoms with E-state index in [1.165, 1.54) is 11.8 Å². The van der Waals surface area contributed by atoms with Crippen LogP contribution in [-0.2, 0) is 16.1 Å². The Morgan fingerprint density at radius 2 is 2.03 bits per heavy atom. The highest BCUT2D eigenvalue weighted by molar-refractivity contribution is 7.99. The lowest BCUT2D eigenvalue weighted by molar-refractivity contribution is -0.134. The number of ether oxygens (including phenoxy) is 1. The van der Waals surface area contributed by atoms with Gasteiger partial charge in [-0.1, -0.05) is 23.4 Å². The molecule has 2 aromatic rings. The Labute approximate surface area is 180 Å². The van der Waals surface area contributed by atoms with Crippen molar-refractivity contribution >= 4 is 40.2 Å². The molecule has 0 N–H and O–H groups in total. The molecule has 2 heterocycles. The maximum atomic E-state index is 13.0. The van der Waals surface area contributed by atoms with Crippen LogP contribution in [0.25, 0.3) is 10.9 Å². The number of aromatic nitrogens is 2. The molecule has 1 aromatic heterocycles. The van der Waals surface area contributed by atoms with Crippen LogP contribution < -0.4 is 5.56 Å². The molecule has 1 fully saturated rings. The lowest BCUT2D eigenvalue weighted by Gasteiger charge is -2.39. The van der Waals surface area contributed by atoms with Gasteiger partial charge in [-0.15, -0.1) is 0 Å². The highest BCUT2D eigenvalue weighted by Gasteiger charge is 2.29. The van der Waals surface area contributed by atoms with Gasteiger partial charge in [-0.3, -0.25) is 14.2 Å². The van der Waals surface area contributed by atoms with Crippen LogP contribution in [-0.4, -0.2) is 51.9 Å². The average molecular weight is 438 g/mol. The van der Waals surface area contributed by atoms with Crippen LogP contribution in [0.5, 0.6) is 0 Å². The fourth-order valence-corrected chi connectivity index (χ4v) is 5.02. The Balaban J connectivity index is 1.87. The van der Waals surface area contributed by atoms with E-state index < -0.39 is 0 Å². The summed E-state index contributed by atoms with van der Waals surface area (Å²) in [5.74, 6) is 0.357. The zero-order chi connectivity index (χ0) is 21.0. The van der Waals surface area contributed by atoms with Gasteiger partial charge in [-0.2, -0.15) is 0 Å². The summed E-state index contributed by atoms with van der Waals surface area (Å²) in [4.78, 5) is 32.6. The van der Waals surface area contributed by atoms with Crippen molar-refractivity contribution in [2.45, 2.75) is 63.3 Å². The highest BCUT2D eigenvalue weighted by atomic mass is 35.5. The molecule has 0 saturated carbocycles. The number of amides is 1. The van der Waals surface area contributed by atoms with E-state index in [1.807, 2.05) is 4.90 Å². The molecule has 1 aliphatic heterocycles. The summed E-state index contributed by atoms with van der Waals surface area (Å²) >= 11 is 7.42. The number of piperidine rings is 1. The van der Waals surface area contributed by atoms with Crippen LogP contribution >= 0.6 is 23.4 Å². The number of nitrogens with zero attached hydrogens (tertiary/aromatic N) is 3. The first-order valence-electron chi connectivity index (χ1n) is 10.1. The number of hydrogen-bond acceptors (Lipinski definition) is 5. The molecule has 6 nitrogen and oxygen atoms in total. The van der Waals surface area contributed by atoms with Crippen LogP contribution in [0.1, 0.15) is 39.5 Å². The van der Waals surface area contributed by atoms with E-state index in [-0.39, 0.29) is 29.3 Å². The van der Waals surface area contributed by atoms with Crippen molar-refractivity contribution in [1.29, 1.82) is 0 Å². The summed E-state index contributed by atoms with van der Waals surface area (Å²) in [5.41, 5.74) is 0.442. The second-order valence-electron chi connectivity index (χ2n) is 7.58. The Kier molecular flexibility index (Phi) is 7.60. The molecular formula is C21H28ClN3O3S. The molecule has 158 valence electrons. The Morgan fingerprint density at radius 1 is 1.31 bits per heavy atom. The molecule has 3 rings (SSSR count). The van der Waals surface area contributed by atoms with Crippen molar-refractivity contribution in [2.24, 2.45) is 0 Å². The summed E-state index contributed by atoms with van der Waals surface area (Å²) < 4.78 is 6.78. The maximum absolute atomic E-state index is 13.0. The second kappa shape index (κ2) is 9.96. The Hall–Kier alpha value is -1.57. The van der Waals surface area contributed by atoms with Crippen molar-refractivity contribution in [3.05, 3.63) is 33.6 Å². The van der Waals surface area contributed by atoms with E-state index in [4.69, 9.17) is 16.3 Å². The molecule has 2 unspecified atom stereocenters. The minimum absolute atomic E-state index is 0.0959. The van der Waals surface area contributed by atoms with Crippen molar-refractivity contribution in [3.63, 3.8) is 0 Å². The molecule has 1 amide bonds. The van der Waals surface area contributed by atoms with E-state index in [1.54, 1.807) is 29.9 Å². The Morgan fingerprint density at radius 3 is 2.72 bits per heavy atom. The van der Waals surface area contributed by atoms with E-state index in [9.17, 15) is 9.59 Å². The predicted molar refractivity (Wildman–Crippen MR) is 118 cm³/mol. The number of methoxy groups -OCH3 is 1. The first-order valence-corrected chi connectivity index (χ1v) is 11.4. The number of rotatable bonds is 7. The highest BCUT2D eigenvalue weighted by Crippen LogP contribution is 2.25. The topological polar surface area (TPSA) is 64.4 Å². The SMILES string of the molecule is COCCCn1c(SCC(=O)N2C(C)CCCC2C)nc2cc(Cl)ccc2c1=O. The zero-order valence-electron chi connectivity index (χ0n) is 17.2. The fraction of sp³-hybridized carbons (Fsp3) is 0.571. The molecule has 0 spiro atoms. The lowest BCUT2D eigenvalue weighted by Crippen LogP contribution is -2.48.